The van der Waals surface area contributed by atoms with Crippen molar-refractivity contribution in [2.24, 2.45) is 0 Å². The minimum atomic E-state index is -1.17. The third kappa shape index (κ3) is 4.79. The number of carbonyl (C=O) groups excluding carboxylic acids is 1. The fourth-order valence-corrected chi connectivity index (χ4v) is 1.18. The zero-order valence-electron chi connectivity index (χ0n) is 9.60. The molecule has 98 valence electrons. The molecule has 0 aliphatic rings. The lowest BCUT2D eigenvalue weighted by Crippen LogP contribution is -2.20. The van der Waals surface area contributed by atoms with Gasteiger partial charge in [-0.3, -0.25) is 4.79 Å². The standard InChI is InChI=1S/C11H12FNO5/c1-17-9-3-7(12)2-8(4-9)13-10(14)5-18-6-11(15)16/h2-4H,5-6H2,1H3,(H,13,14)(H,15,16). The highest BCUT2D eigenvalue weighted by molar-refractivity contribution is 5.92. The molecule has 1 rings (SSSR count). The molecule has 2 N–H and O–H groups in total. The number of benzene rings is 1. The Hall–Kier alpha value is -2.15. The summed E-state index contributed by atoms with van der Waals surface area (Å²) in [6.07, 6.45) is 0. The van der Waals surface area contributed by atoms with Crippen LogP contribution in [0.4, 0.5) is 10.1 Å². The number of halogens is 1. The van der Waals surface area contributed by atoms with Gasteiger partial charge < -0.3 is 19.9 Å². The Morgan fingerprint density at radius 2 is 2.06 bits per heavy atom. The van der Waals surface area contributed by atoms with E-state index in [1.165, 1.54) is 13.2 Å². The number of carboxylic acid groups (broad SMARTS) is 1. The van der Waals surface area contributed by atoms with Crippen LogP contribution in [0.15, 0.2) is 18.2 Å². The summed E-state index contributed by atoms with van der Waals surface area (Å²) in [7, 11) is 1.37. The van der Waals surface area contributed by atoms with Gasteiger partial charge in [0.1, 0.15) is 24.8 Å². The summed E-state index contributed by atoms with van der Waals surface area (Å²) in [6.45, 7) is -0.995. The number of hydrogen-bond acceptors (Lipinski definition) is 4. The molecule has 1 aromatic carbocycles. The first-order valence-corrected chi connectivity index (χ1v) is 4.95. The molecule has 0 saturated carbocycles. The number of carboxylic acids is 1. The summed E-state index contributed by atoms with van der Waals surface area (Å²) in [5, 5.41) is 10.7. The van der Waals surface area contributed by atoms with Crippen molar-refractivity contribution in [1.29, 1.82) is 0 Å². The van der Waals surface area contributed by atoms with Crippen LogP contribution in [0.2, 0.25) is 0 Å². The van der Waals surface area contributed by atoms with E-state index in [2.05, 4.69) is 10.1 Å². The first kappa shape index (κ1) is 13.9. The van der Waals surface area contributed by atoms with Crippen LogP contribution in [0.3, 0.4) is 0 Å². The fraction of sp³-hybridized carbons (Fsp3) is 0.273. The van der Waals surface area contributed by atoms with E-state index < -0.39 is 30.9 Å². The molecule has 0 bridgehead atoms. The van der Waals surface area contributed by atoms with Gasteiger partial charge in [0.25, 0.3) is 0 Å². The summed E-state index contributed by atoms with van der Waals surface area (Å²) in [6, 6.07) is 3.70. The predicted octanol–water partition coefficient (Wildman–Crippen LogP) is 0.874. The first-order chi connectivity index (χ1) is 8.51. The van der Waals surface area contributed by atoms with Gasteiger partial charge in [-0.1, -0.05) is 0 Å². The van der Waals surface area contributed by atoms with E-state index in [4.69, 9.17) is 9.84 Å². The molecular formula is C11H12FNO5. The molecule has 0 aliphatic heterocycles. The van der Waals surface area contributed by atoms with Crippen molar-refractivity contribution in [3.8, 4) is 5.75 Å². The molecule has 0 aliphatic carbocycles. The van der Waals surface area contributed by atoms with Crippen molar-refractivity contribution in [1.82, 2.24) is 0 Å². The molecule has 7 heteroatoms. The zero-order valence-corrected chi connectivity index (χ0v) is 9.60. The average molecular weight is 257 g/mol. The maximum absolute atomic E-state index is 13.1. The lowest BCUT2D eigenvalue weighted by atomic mass is 10.3. The molecule has 0 unspecified atom stereocenters. The van der Waals surface area contributed by atoms with Gasteiger partial charge in [0.15, 0.2) is 0 Å². The Balaban J connectivity index is 2.53. The number of amides is 1. The number of anilines is 1. The first-order valence-electron chi connectivity index (χ1n) is 4.95. The third-order valence-corrected chi connectivity index (χ3v) is 1.85. The van der Waals surface area contributed by atoms with Crippen LogP contribution in [0.25, 0.3) is 0 Å². The molecule has 0 fully saturated rings. The van der Waals surface area contributed by atoms with Crippen LogP contribution in [0.1, 0.15) is 0 Å². The van der Waals surface area contributed by atoms with Gasteiger partial charge >= 0.3 is 5.97 Å². The number of nitrogens with one attached hydrogen (secondary N) is 1. The van der Waals surface area contributed by atoms with E-state index in [0.29, 0.717) is 0 Å². The lowest BCUT2D eigenvalue weighted by molar-refractivity contribution is -0.143. The van der Waals surface area contributed by atoms with Crippen LogP contribution < -0.4 is 10.1 Å². The summed E-state index contributed by atoms with van der Waals surface area (Å²) in [4.78, 5) is 21.5. The minimum Gasteiger partial charge on any atom is -0.497 e. The lowest BCUT2D eigenvalue weighted by Gasteiger charge is -2.07. The molecule has 0 aromatic heterocycles. The zero-order chi connectivity index (χ0) is 13.5. The largest absolute Gasteiger partial charge is 0.497 e. The Morgan fingerprint density at radius 3 is 2.67 bits per heavy atom. The van der Waals surface area contributed by atoms with E-state index in [9.17, 15) is 14.0 Å². The number of carbonyl (C=O) groups is 2. The number of rotatable bonds is 6. The number of ether oxygens (including phenoxy) is 2. The third-order valence-electron chi connectivity index (χ3n) is 1.85. The summed E-state index contributed by atoms with van der Waals surface area (Å²) >= 11 is 0. The fourth-order valence-electron chi connectivity index (χ4n) is 1.18. The second kappa shape index (κ2) is 6.55. The molecule has 1 aromatic rings. The van der Waals surface area contributed by atoms with Crippen LogP contribution in [-0.4, -0.2) is 37.3 Å². The molecule has 0 atom stereocenters. The Morgan fingerprint density at radius 1 is 1.33 bits per heavy atom. The maximum Gasteiger partial charge on any atom is 0.329 e. The van der Waals surface area contributed by atoms with Crippen molar-refractivity contribution in [2.75, 3.05) is 25.6 Å². The van der Waals surface area contributed by atoms with Crippen molar-refractivity contribution >= 4 is 17.6 Å². The normalized spacial score (nSPS) is 9.89. The summed E-state index contributed by atoms with van der Waals surface area (Å²) in [5.41, 5.74) is 0.204. The molecule has 0 radical (unpaired) electrons. The van der Waals surface area contributed by atoms with Crippen molar-refractivity contribution in [3.05, 3.63) is 24.0 Å². The topological polar surface area (TPSA) is 84.9 Å². The van der Waals surface area contributed by atoms with Crippen LogP contribution in [0.5, 0.6) is 5.75 Å². The highest BCUT2D eigenvalue weighted by atomic mass is 19.1. The molecule has 0 heterocycles. The smallest absolute Gasteiger partial charge is 0.329 e. The maximum atomic E-state index is 13.1. The second-order valence-corrected chi connectivity index (χ2v) is 3.31. The van der Waals surface area contributed by atoms with Crippen LogP contribution >= 0.6 is 0 Å². The van der Waals surface area contributed by atoms with E-state index in [1.54, 1.807) is 0 Å². The monoisotopic (exact) mass is 257 g/mol. The Bertz CT molecular complexity index is 449. The second-order valence-electron chi connectivity index (χ2n) is 3.31. The number of aliphatic carboxylic acids is 1. The molecule has 6 nitrogen and oxygen atoms in total. The molecule has 0 spiro atoms. The van der Waals surface area contributed by atoms with Gasteiger partial charge in [0, 0.05) is 17.8 Å². The quantitative estimate of drug-likeness (QED) is 0.790. The molecular weight excluding hydrogens is 245 g/mol. The van der Waals surface area contributed by atoms with E-state index >= 15 is 0 Å². The van der Waals surface area contributed by atoms with Crippen molar-refractivity contribution < 1.29 is 28.6 Å². The van der Waals surface area contributed by atoms with E-state index in [-0.39, 0.29) is 11.4 Å². The Kier molecular flexibility index (Phi) is 5.06. The summed E-state index contributed by atoms with van der Waals surface area (Å²) in [5.74, 6) is -2.05. The van der Waals surface area contributed by atoms with E-state index in [0.717, 1.165) is 12.1 Å². The molecule has 1 amide bonds. The molecule has 18 heavy (non-hydrogen) atoms. The SMILES string of the molecule is COc1cc(F)cc(NC(=O)COCC(=O)O)c1. The van der Waals surface area contributed by atoms with Gasteiger partial charge in [-0.15, -0.1) is 0 Å². The van der Waals surface area contributed by atoms with Gasteiger partial charge in [0.05, 0.1) is 7.11 Å². The van der Waals surface area contributed by atoms with Gasteiger partial charge in [0.2, 0.25) is 5.91 Å². The van der Waals surface area contributed by atoms with Crippen LogP contribution in [-0.2, 0) is 14.3 Å². The van der Waals surface area contributed by atoms with Crippen molar-refractivity contribution in [3.63, 3.8) is 0 Å². The van der Waals surface area contributed by atoms with Crippen LogP contribution in [0, 0.1) is 5.82 Å². The number of methoxy groups -OCH3 is 1. The van der Waals surface area contributed by atoms with Gasteiger partial charge in [-0.25, -0.2) is 9.18 Å². The number of hydrogen-bond donors (Lipinski definition) is 2. The van der Waals surface area contributed by atoms with Gasteiger partial charge in [-0.05, 0) is 6.07 Å². The average Bonchev–Trinajstić information content (AvgIpc) is 2.27. The minimum absolute atomic E-state index is 0.204. The highest BCUT2D eigenvalue weighted by Crippen LogP contribution is 2.19. The van der Waals surface area contributed by atoms with Crippen molar-refractivity contribution in [2.45, 2.75) is 0 Å². The highest BCUT2D eigenvalue weighted by Gasteiger charge is 2.07. The molecule has 0 saturated heterocycles. The predicted molar refractivity (Wildman–Crippen MR) is 60.0 cm³/mol. The Labute approximate surface area is 102 Å². The van der Waals surface area contributed by atoms with Gasteiger partial charge in [-0.2, -0.15) is 0 Å². The summed E-state index contributed by atoms with van der Waals surface area (Å²) < 4.78 is 22.5. The van der Waals surface area contributed by atoms with E-state index in [1.807, 2.05) is 0 Å².